The van der Waals surface area contributed by atoms with E-state index >= 15 is 0 Å². The molecule has 2 saturated heterocycles. The van der Waals surface area contributed by atoms with Gasteiger partial charge >= 0.3 is 0 Å². The molecule has 1 unspecified atom stereocenters. The maximum absolute atomic E-state index is 14.0. The number of Topliss-reactive ketones (excluding diaryl/α,β-unsaturated/α-hetero) is 1. The summed E-state index contributed by atoms with van der Waals surface area (Å²) in [5.41, 5.74) is 2.10. The zero-order chi connectivity index (χ0) is 25.2. The Labute approximate surface area is 209 Å². The summed E-state index contributed by atoms with van der Waals surface area (Å²) in [6.45, 7) is 8.25. The van der Waals surface area contributed by atoms with Crippen LogP contribution in [0.4, 0.5) is 0 Å². The summed E-state index contributed by atoms with van der Waals surface area (Å²) in [5, 5.41) is 14.0. The first kappa shape index (κ1) is 24.0. The normalized spacial score (nSPS) is 20.4. The third-order valence-electron chi connectivity index (χ3n) is 6.86. The summed E-state index contributed by atoms with van der Waals surface area (Å²) in [7, 11) is 0. The molecule has 4 heterocycles. The number of aryl methyl sites for hydroxylation is 1. The molecule has 0 saturated carbocycles. The molecule has 1 N–H and O–H groups in total. The molecule has 0 radical (unpaired) electrons. The second-order valence-corrected chi connectivity index (χ2v) is 9.06. The number of nitrogens with one attached hydrogen (secondary N) is 1. The molecule has 2 aliphatic heterocycles. The number of nitrogens with zero attached hydrogens (tertiary/aromatic N) is 3. The van der Waals surface area contributed by atoms with E-state index in [1.54, 1.807) is 46.7 Å². The zero-order valence-corrected chi connectivity index (χ0v) is 20.5. The Bertz CT molecular complexity index is 1310. The van der Waals surface area contributed by atoms with Gasteiger partial charge < -0.3 is 28.8 Å². The minimum absolute atomic E-state index is 0.0325. The SMILES string of the molecule is CCOc1ccc(C2C(=C([O-])c3c(C)nc4ccccn34)C(=O)C(=O)N2CC[NH+]2CCOCC2)cc1. The molecule has 36 heavy (non-hydrogen) atoms. The van der Waals surface area contributed by atoms with Crippen molar-refractivity contribution in [2.24, 2.45) is 0 Å². The van der Waals surface area contributed by atoms with Crippen molar-refractivity contribution in [1.82, 2.24) is 14.3 Å². The Morgan fingerprint density at radius 3 is 2.64 bits per heavy atom. The largest absolute Gasteiger partial charge is 0.871 e. The van der Waals surface area contributed by atoms with Crippen molar-refractivity contribution in [3.05, 3.63) is 71.2 Å². The summed E-state index contributed by atoms with van der Waals surface area (Å²) in [6.07, 6.45) is 1.75. The lowest BCUT2D eigenvalue weighted by molar-refractivity contribution is -0.907. The maximum atomic E-state index is 14.0. The summed E-state index contributed by atoms with van der Waals surface area (Å²) < 4.78 is 12.7. The van der Waals surface area contributed by atoms with Gasteiger partial charge in [0.15, 0.2) is 0 Å². The molecular weight excluding hydrogens is 460 g/mol. The highest BCUT2D eigenvalue weighted by Gasteiger charge is 2.44. The number of ketones is 1. The van der Waals surface area contributed by atoms with E-state index in [9.17, 15) is 14.7 Å². The lowest BCUT2D eigenvalue weighted by atomic mass is 9.96. The van der Waals surface area contributed by atoms with E-state index in [4.69, 9.17) is 9.47 Å². The molecule has 1 amide bonds. The highest BCUT2D eigenvalue weighted by Crippen LogP contribution is 2.39. The van der Waals surface area contributed by atoms with Gasteiger partial charge in [-0.2, -0.15) is 0 Å². The fraction of sp³-hybridized carbons (Fsp3) is 0.370. The molecule has 2 aromatic heterocycles. The first-order valence-electron chi connectivity index (χ1n) is 12.3. The van der Waals surface area contributed by atoms with Crippen molar-refractivity contribution in [1.29, 1.82) is 0 Å². The summed E-state index contributed by atoms with van der Waals surface area (Å²) in [5.74, 6) is -1.17. The van der Waals surface area contributed by atoms with Gasteiger partial charge in [0.1, 0.15) is 24.5 Å². The molecular formula is C27H30N4O5. The minimum atomic E-state index is -0.776. The number of quaternary nitrogens is 1. The van der Waals surface area contributed by atoms with Crippen LogP contribution in [0.2, 0.25) is 0 Å². The van der Waals surface area contributed by atoms with Crippen LogP contribution in [0.1, 0.15) is 29.9 Å². The Morgan fingerprint density at radius 1 is 1.17 bits per heavy atom. The van der Waals surface area contributed by atoms with Crippen LogP contribution in [0.5, 0.6) is 5.75 Å². The summed E-state index contributed by atoms with van der Waals surface area (Å²) in [6, 6.07) is 11.9. The van der Waals surface area contributed by atoms with Gasteiger partial charge in [0.2, 0.25) is 5.78 Å². The van der Waals surface area contributed by atoms with Crippen molar-refractivity contribution in [3.63, 3.8) is 0 Å². The van der Waals surface area contributed by atoms with Gasteiger partial charge in [-0.25, -0.2) is 4.98 Å². The Balaban J connectivity index is 1.59. The molecule has 0 spiro atoms. The predicted molar refractivity (Wildman–Crippen MR) is 130 cm³/mol. The van der Waals surface area contributed by atoms with Gasteiger partial charge in [0.05, 0.1) is 50.3 Å². The second kappa shape index (κ2) is 10.1. The third-order valence-corrected chi connectivity index (χ3v) is 6.86. The highest BCUT2D eigenvalue weighted by atomic mass is 16.5. The Morgan fingerprint density at radius 2 is 1.92 bits per heavy atom. The van der Waals surface area contributed by atoms with Crippen LogP contribution in [0.15, 0.2) is 54.2 Å². The quantitative estimate of drug-likeness (QED) is 0.288. The molecule has 188 valence electrons. The molecule has 1 aromatic carbocycles. The molecule has 2 fully saturated rings. The van der Waals surface area contributed by atoms with E-state index in [1.165, 1.54) is 4.90 Å². The first-order valence-corrected chi connectivity index (χ1v) is 12.3. The highest BCUT2D eigenvalue weighted by molar-refractivity contribution is 6.46. The number of imidazole rings is 1. The number of rotatable bonds is 7. The molecule has 2 aliphatic rings. The summed E-state index contributed by atoms with van der Waals surface area (Å²) >= 11 is 0. The van der Waals surface area contributed by atoms with Gasteiger partial charge in [-0.15, -0.1) is 0 Å². The molecule has 0 bridgehead atoms. The number of carbonyl (C=O) groups excluding carboxylic acids is 2. The zero-order valence-electron chi connectivity index (χ0n) is 20.5. The average molecular weight is 491 g/mol. The first-order chi connectivity index (χ1) is 17.5. The minimum Gasteiger partial charge on any atom is -0.871 e. The smallest absolute Gasteiger partial charge is 0.295 e. The maximum Gasteiger partial charge on any atom is 0.295 e. The van der Waals surface area contributed by atoms with Crippen molar-refractivity contribution in [2.45, 2.75) is 19.9 Å². The van der Waals surface area contributed by atoms with Crippen LogP contribution in [-0.2, 0) is 14.3 Å². The number of amides is 1. The average Bonchev–Trinajstić information content (AvgIpc) is 3.36. The number of carbonyl (C=O) groups is 2. The number of benzene rings is 1. The Kier molecular flexibility index (Phi) is 6.75. The van der Waals surface area contributed by atoms with Gasteiger partial charge in [0.25, 0.3) is 5.91 Å². The fourth-order valence-corrected chi connectivity index (χ4v) is 5.06. The van der Waals surface area contributed by atoms with E-state index in [2.05, 4.69) is 4.98 Å². The van der Waals surface area contributed by atoms with Crippen molar-refractivity contribution < 1.29 is 29.1 Å². The van der Waals surface area contributed by atoms with Crippen molar-refractivity contribution >= 4 is 23.1 Å². The van der Waals surface area contributed by atoms with E-state index in [1.807, 2.05) is 25.1 Å². The summed E-state index contributed by atoms with van der Waals surface area (Å²) in [4.78, 5) is 34.0. The van der Waals surface area contributed by atoms with E-state index in [0.29, 0.717) is 61.3 Å². The number of fused-ring (bicyclic) bond motifs is 1. The topological polar surface area (TPSA) is 101 Å². The van der Waals surface area contributed by atoms with Crippen LogP contribution in [0.3, 0.4) is 0 Å². The van der Waals surface area contributed by atoms with Gasteiger partial charge in [-0.05, 0) is 43.7 Å². The van der Waals surface area contributed by atoms with Gasteiger partial charge in [-0.1, -0.05) is 24.0 Å². The van der Waals surface area contributed by atoms with Crippen molar-refractivity contribution in [3.8, 4) is 5.75 Å². The van der Waals surface area contributed by atoms with Crippen LogP contribution in [0, 0.1) is 6.92 Å². The van der Waals surface area contributed by atoms with E-state index in [0.717, 1.165) is 13.1 Å². The number of likely N-dealkylation sites (tertiary alicyclic amines) is 1. The van der Waals surface area contributed by atoms with Crippen LogP contribution >= 0.6 is 0 Å². The molecule has 0 aliphatic carbocycles. The van der Waals surface area contributed by atoms with E-state index in [-0.39, 0.29) is 5.57 Å². The lowest BCUT2D eigenvalue weighted by Crippen LogP contribution is -3.14. The van der Waals surface area contributed by atoms with Crippen LogP contribution in [-0.4, -0.2) is 72.0 Å². The van der Waals surface area contributed by atoms with Crippen LogP contribution < -0.4 is 14.7 Å². The second-order valence-electron chi connectivity index (χ2n) is 9.06. The van der Waals surface area contributed by atoms with Crippen LogP contribution in [0.25, 0.3) is 11.4 Å². The molecule has 3 aromatic rings. The number of pyridine rings is 1. The van der Waals surface area contributed by atoms with Gasteiger partial charge in [0, 0.05) is 11.8 Å². The molecule has 1 atom stereocenters. The molecule has 9 nitrogen and oxygen atoms in total. The lowest BCUT2D eigenvalue weighted by Gasteiger charge is -2.30. The number of hydrogen-bond acceptors (Lipinski definition) is 6. The number of aromatic nitrogens is 2. The Hall–Kier alpha value is -3.69. The number of ether oxygens (including phenoxy) is 2. The standard InChI is InChI=1S/C27H30N4O5/c1-3-36-20-9-7-19(8-10-20)24-22(25(32)23-18(2)28-21-6-4-5-11-30(21)23)26(33)27(34)31(24)13-12-29-14-16-35-17-15-29/h4-11,24,32H,3,12-17H2,1-2H3. The van der Waals surface area contributed by atoms with Gasteiger partial charge in [-0.3, -0.25) is 9.59 Å². The van der Waals surface area contributed by atoms with E-state index < -0.39 is 23.5 Å². The number of hydrogen-bond donors (Lipinski definition) is 1. The third kappa shape index (κ3) is 4.36. The van der Waals surface area contributed by atoms with Crippen molar-refractivity contribution in [2.75, 3.05) is 46.0 Å². The number of morpholine rings is 1. The molecule has 5 rings (SSSR count). The predicted octanol–water partition coefficient (Wildman–Crippen LogP) is 0.181. The molecule has 9 heteroatoms. The monoisotopic (exact) mass is 490 g/mol. The fourth-order valence-electron chi connectivity index (χ4n) is 5.06.